The van der Waals surface area contributed by atoms with Gasteiger partial charge < -0.3 is 14.4 Å². The molecule has 4 aliphatic rings. The molecule has 2 fully saturated rings. The summed E-state index contributed by atoms with van der Waals surface area (Å²) >= 11 is 0. The Hall–Kier alpha value is -3.39. The molecule has 0 radical (unpaired) electrons. The van der Waals surface area contributed by atoms with Crippen molar-refractivity contribution in [3.8, 4) is 11.5 Å². The van der Waals surface area contributed by atoms with E-state index < -0.39 is 0 Å². The molecule has 34 heavy (non-hydrogen) atoms. The maximum absolute atomic E-state index is 13.2. The molecule has 0 aliphatic carbocycles. The molecule has 3 atom stereocenters. The summed E-state index contributed by atoms with van der Waals surface area (Å²) in [5.74, 6) is 2.37. The maximum atomic E-state index is 13.2. The van der Waals surface area contributed by atoms with Gasteiger partial charge in [0.25, 0.3) is 0 Å². The Morgan fingerprint density at radius 2 is 1.85 bits per heavy atom. The van der Waals surface area contributed by atoms with E-state index in [0.29, 0.717) is 38.1 Å². The minimum Gasteiger partial charge on any atom is -0.492 e. The average Bonchev–Trinajstić information content (AvgIpc) is 3.54. The van der Waals surface area contributed by atoms with Crippen molar-refractivity contribution in [2.75, 3.05) is 26.2 Å². The average molecular weight is 460 g/mol. The summed E-state index contributed by atoms with van der Waals surface area (Å²) in [4.78, 5) is 17.8. The summed E-state index contributed by atoms with van der Waals surface area (Å²) in [5, 5.41) is 8.37. The summed E-state index contributed by atoms with van der Waals surface area (Å²) in [6.07, 6.45) is 3.38. The van der Waals surface area contributed by atoms with Crippen molar-refractivity contribution in [1.29, 1.82) is 0 Å². The molecule has 8 nitrogen and oxygen atoms in total. The molecule has 7 rings (SSSR count). The molecular weight excluding hydrogens is 430 g/mol. The quantitative estimate of drug-likeness (QED) is 0.515. The molecule has 1 amide bonds. The van der Waals surface area contributed by atoms with Gasteiger partial charge in [0, 0.05) is 32.2 Å². The first-order chi connectivity index (χ1) is 16.7. The lowest BCUT2D eigenvalue weighted by Crippen LogP contribution is -2.40. The van der Waals surface area contributed by atoms with Gasteiger partial charge in [-0.25, -0.2) is 4.68 Å². The van der Waals surface area contributed by atoms with Crippen LogP contribution in [0.2, 0.25) is 0 Å². The molecule has 176 valence electrons. The fourth-order valence-corrected chi connectivity index (χ4v) is 5.39. The smallest absolute Gasteiger partial charge is 0.227 e. The number of hydrogen-bond donors (Lipinski definition) is 0. The van der Waals surface area contributed by atoms with Gasteiger partial charge in [-0.15, -0.1) is 5.10 Å². The van der Waals surface area contributed by atoms with Crippen LogP contribution in [0, 0.1) is 5.92 Å². The van der Waals surface area contributed by atoms with E-state index in [2.05, 4.69) is 32.2 Å². The summed E-state index contributed by atoms with van der Waals surface area (Å²) in [6.45, 7) is 5.17. The molecule has 8 heteroatoms. The molecule has 4 aliphatic heterocycles. The predicted octanol–water partition coefficient (Wildman–Crippen LogP) is 2.52. The van der Waals surface area contributed by atoms with Gasteiger partial charge in [0.05, 0.1) is 19.2 Å². The second-order valence-corrected chi connectivity index (χ2v) is 9.48. The van der Waals surface area contributed by atoms with E-state index in [1.165, 1.54) is 5.56 Å². The van der Waals surface area contributed by atoms with E-state index in [1.807, 2.05) is 42.6 Å². The highest BCUT2D eigenvalue weighted by molar-refractivity contribution is 5.79. The topological polar surface area (TPSA) is 72.7 Å². The number of fused-ring (bicyclic) bond motifs is 6. The van der Waals surface area contributed by atoms with Crippen LogP contribution in [0.1, 0.15) is 23.2 Å². The molecule has 1 aromatic heterocycles. The first kappa shape index (κ1) is 21.2. The number of aromatic nitrogens is 3. The van der Waals surface area contributed by atoms with Crippen LogP contribution >= 0.6 is 0 Å². The third-order valence-electron chi connectivity index (χ3n) is 7.09. The molecule has 2 aromatic carbocycles. The van der Waals surface area contributed by atoms with E-state index in [1.54, 1.807) is 4.68 Å². The van der Waals surface area contributed by atoms with Crippen LogP contribution < -0.4 is 9.47 Å². The van der Waals surface area contributed by atoms with E-state index in [9.17, 15) is 4.79 Å². The van der Waals surface area contributed by atoms with E-state index in [0.717, 1.165) is 55.4 Å². The molecule has 1 unspecified atom stereocenters. The molecule has 3 aromatic rings. The Morgan fingerprint density at radius 3 is 2.76 bits per heavy atom. The number of carbonyl (C=O) groups excluding carboxylic acids is 1. The molecule has 2 saturated heterocycles. The molecule has 0 N–H and O–H groups in total. The highest BCUT2D eigenvalue weighted by Crippen LogP contribution is 2.33. The minimum absolute atomic E-state index is 0.213. The van der Waals surface area contributed by atoms with Crippen molar-refractivity contribution in [2.45, 2.75) is 38.6 Å². The van der Waals surface area contributed by atoms with Crippen molar-refractivity contribution in [2.24, 2.45) is 5.92 Å². The number of rotatable bonds is 0. The Labute approximate surface area is 199 Å². The zero-order valence-corrected chi connectivity index (χ0v) is 19.2. The van der Waals surface area contributed by atoms with Crippen LogP contribution in [0.3, 0.4) is 0 Å². The third-order valence-corrected chi connectivity index (χ3v) is 7.09. The zero-order chi connectivity index (χ0) is 22.9. The lowest BCUT2D eigenvalue weighted by atomic mass is 10.0. The number of hydrogen-bond acceptors (Lipinski definition) is 6. The van der Waals surface area contributed by atoms with Gasteiger partial charge in [-0.2, -0.15) is 0 Å². The van der Waals surface area contributed by atoms with E-state index >= 15 is 0 Å². The predicted molar refractivity (Wildman–Crippen MR) is 125 cm³/mol. The van der Waals surface area contributed by atoms with Crippen molar-refractivity contribution in [3.63, 3.8) is 0 Å². The first-order valence-electron chi connectivity index (χ1n) is 12.0. The Kier molecular flexibility index (Phi) is 5.66. The summed E-state index contributed by atoms with van der Waals surface area (Å²) in [6, 6.07) is 16.5. The first-order valence-corrected chi connectivity index (χ1v) is 12.0. The van der Waals surface area contributed by atoms with Crippen LogP contribution in [0.5, 0.6) is 11.5 Å². The van der Waals surface area contributed by atoms with Crippen molar-refractivity contribution >= 4 is 5.91 Å². The Bertz CT molecular complexity index is 1160. The van der Waals surface area contributed by atoms with Crippen LogP contribution in [-0.2, 0) is 30.9 Å². The fourth-order valence-electron chi connectivity index (χ4n) is 5.39. The van der Waals surface area contributed by atoms with Crippen molar-refractivity contribution in [3.05, 3.63) is 71.5 Å². The highest BCUT2D eigenvalue weighted by Gasteiger charge is 2.42. The van der Waals surface area contributed by atoms with Crippen LogP contribution in [0.25, 0.3) is 0 Å². The number of nitrogens with zero attached hydrogens (tertiary/aromatic N) is 5. The third kappa shape index (κ3) is 4.50. The molecule has 0 saturated carbocycles. The summed E-state index contributed by atoms with van der Waals surface area (Å²) < 4.78 is 13.6. The van der Waals surface area contributed by atoms with Crippen LogP contribution in [-0.4, -0.2) is 63.0 Å². The highest BCUT2D eigenvalue weighted by atomic mass is 16.5. The van der Waals surface area contributed by atoms with Gasteiger partial charge in [0.2, 0.25) is 5.91 Å². The molecule has 0 spiro atoms. The fraction of sp³-hybridized carbons (Fsp3) is 0.423. The standard InChI is InChI=1S/C26H29N5O3/c32-26-13-20-2-1-3-24(12-20)33-11-10-30-16-22(27-28-30)18-34-23-6-4-19(5-7-23)14-29-15-21-8-9-31(26)25(21)17-29/h1-7,12,16,21,25H,8-11,13-15,17-18H2/t21-,25+/m0/s1. The molecule has 8 bridgehead atoms. The SMILES string of the molecule is O=C1Cc2cccc(c2)OCCn2cc(nn2)COc2ccc(cc2)CN2C[C@@H]3CCN1[C@@H]3C2. The zero-order valence-electron chi connectivity index (χ0n) is 19.2. The van der Waals surface area contributed by atoms with Crippen molar-refractivity contribution in [1.82, 2.24) is 24.8 Å². The maximum Gasteiger partial charge on any atom is 0.227 e. The molecule has 5 heterocycles. The largest absolute Gasteiger partial charge is 0.492 e. The number of ether oxygens (including phenoxy) is 2. The van der Waals surface area contributed by atoms with E-state index in [4.69, 9.17) is 9.47 Å². The lowest BCUT2D eigenvalue weighted by Gasteiger charge is -2.25. The second-order valence-electron chi connectivity index (χ2n) is 9.48. The van der Waals surface area contributed by atoms with Gasteiger partial charge in [-0.1, -0.05) is 29.5 Å². The molecular formula is C26H29N5O3. The second kappa shape index (κ2) is 9.10. The summed E-state index contributed by atoms with van der Waals surface area (Å²) in [7, 11) is 0. The normalized spacial score (nSPS) is 24.8. The van der Waals surface area contributed by atoms with Gasteiger partial charge in [0.1, 0.15) is 30.4 Å². The number of benzene rings is 2. The van der Waals surface area contributed by atoms with Gasteiger partial charge in [0.15, 0.2) is 0 Å². The van der Waals surface area contributed by atoms with Crippen molar-refractivity contribution < 1.29 is 14.3 Å². The van der Waals surface area contributed by atoms with Gasteiger partial charge >= 0.3 is 0 Å². The number of amides is 1. The van der Waals surface area contributed by atoms with Gasteiger partial charge in [-0.05, 0) is 47.7 Å². The number of carbonyl (C=O) groups is 1. The minimum atomic E-state index is 0.213. The van der Waals surface area contributed by atoms with Crippen LogP contribution in [0.4, 0.5) is 0 Å². The monoisotopic (exact) mass is 459 g/mol. The summed E-state index contributed by atoms with van der Waals surface area (Å²) in [5.41, 5.74) is 3.03. The Balaban J connectivity index is 1.23. The van der Waals surface area contributed by atoms with Gasteiger partial charge in [-0.3, -0.25) is 9.69 Å². The lowest BCUT2D eigenvalue weighted by molar-refractivity contribution is -0.131. The Morgan fingerprint density at radius 1 is 0.941 bits per heavy atom. The van der Waals surface area contributed by atoms with E-state index in [-0.39, 0.29) is 5.91 Å². The van der Waals surface area contributed by atoms with Crippen LogP contribution in [0.15, 0.2) is 54.7 Å².